The maximum Gasteiger partial charge on any atom is 0.234 e. The van der Waals surface area contributed by atoms with Gasteiger partial charge in [0.05, 0.1) is 5.75 Å². The lowest BCUT2D eigenvalue weighted by Gasteiger charge is -2.21. The first-order chi connectivity index (χ1) is 16.6. The molecule has 2 aromatic carbocycles. The molecular formula is C26H29N5OS2. The Morgan fingerprint density at radius 3 is 2.41 bits per heavy atom. The number of carbonyl (C=O) groups is 1. The van der Waals surface area contributed by atoms with Crippen molar-refractivity contribution in [2.45, 2.75) is 32.3 Å². The molecule has 8 heteroatoms. The van der Waals surface area contributed by atoms with Gasteiger partial charge in [0.2, 0.25) is 5.91 Å². The van der Waals surface area contributed by atoms with Crippen molar-refractivity contribution in [3.63, 3.8) is 0 Å². The molecule has 2 heterocycles. The second-order valence-corrected chi connectivity index (χ2v) is 9.86. The number of rotatable bonds is 10. The highest BCUT2D eigenvalue weighted by atomic mass is 32.2. The predicted molar refractivity (Wildman–Crippen MR) is 143 cm³/mol. The Hall–Kier alpha value is -3.10. The highest BCUT2D eigenvalue weighted by Gasteiger charge is 2.17. The van der Waals surface area contributed by atoms with E-state index in [0.29, 0.717) is 11.6 Å². The van der Waals surface area contributed by atoms with Crippen LogP contribution in [0.2, 0.25) is 0 Å². The molecule has 0 aliphatic carbocycles. The minimum Gasteiger partial charge on any atom is -0.372 e. The quantitative estimate of drug-likeness (QED) is 0.284. The molecule has 0 atom stereocenters. The third-order valence-electron chi connectivity index (χ3n) is 5.52. The van der Waals surface area contributed by atoms with Crippen LogP contribution in [0.4, 0.5) is 11.4 Å². The fourth-order valence-electron chi connectivity index (χ4n) is 3.70. The highest BCUT2D eigenvalue weighted by Crippen LogP contribution is 2.25. The van der Waals surface area contributed by atoms with E-state index < -0.39 is 0 Å². The maximum atomic E-state index is 12.7. The van der Waals surface area contributed by atoms with E-state index >= 15 is 0 Å². The van der Waals surface area contributed by atoms with E-state index in [2.05, 4.69) is 81.5 Å². The molecule has 6 nitrogen and oxygen atoms in total. The van der Waals surface area contributed by atoms with Crippen molar-refractivity contribution in [1.82, 2.24) is 14.8 Å². The number of nitrogens with zero attached hydrogens (tertiary/aromatic N) is 4. The van der Waals surface area contributed by atoms with Crippen molar-refractivity contribution in [1.29, 1.82) is 0 Å². The van der Waals surface area contributed by atoms with Gasteiger partial charge >= 0.3 is 0 Å². The Morgan fingerprint density at radius 2 is 1.76 bits per heavy atom. The van der Waals surface area contributed by atoms with Crippen LogP contribution < -0.4 is 10.2 Å². The number of carbonyl (C=O) groups excluding carboxylic acids is 1. The predicted octanol–water partition coefficient (Wildman–Crippen LogP) is 5.81. The minimum absolute atomic E-state index is 0.0705. The zero-order valence-electron chi connectivity index (χ0n) is 19.7. The molecule has 34 heavy (non-hydrogen) atoms. The summed E-state index contributed by atoms with van der Waals surface area (Å²) in [7, 11) is 0. The van der Waals surface area contributed by atoms with Crippen LogP contribution in [0.15, 0.2) is 71.2 Å². The van der Waals surface area contributed by atoms with Gasteiger partial charge in [-0.15, -0.1) is 21.5 Å². The molecule has 4 aromatic rings. The van der Waals surface area contributed by atoms with Gasteiger partial charge in [0.15, 0.2) is 5.16 Å². The summed E-state index contributed by atoms with van der Waals surface area (Å²) in [5, 5.41) is 14.6. The summed E-state index contributed by atoms with van der Waals surface area (Å²) >= 11 is 3.10. The molecule has 0 radical (unpaired) electrons. The topological polar surface area (TPSA) is 63.1 Å². The standard InChI is InChI=1S/C26H29N5OS2/c1-4-30(5-2)21-14-10-20(11-15-21)27-25(32)18-34-26-29-28-24(17-23-7-6-16-33-23)31(26)22-12-8-19(3)9-13-22/h6-16H,4-5,17-18H2,1-3H3,(H,27,32). The molecule has 1 amide bonds. The molecule has 0 unspecified atom stereocenters. The molecule has 176 valence electrons. The molecular weight excluding hydrogens is 462 g/mol. The molecule has 1 N–H and O–H groups in total. The number of nitrogens with one attached hydrogen (secondary N) is 1. The fraction of sp³-hybridized carbons (Fsp3) is 0.269. The second-order valence-electron chi connectivity index (χ2n) is 7.88. The number of aromatic nitrogens is 3. The van der Waals surface area contributed by atoms with Crippen molar-refractivity contribution in [2.75, 3.05) is 29.1 Å². The fourth-order valence-corrected chi connectivity index (χ4v) is 5.17. The van der Waals surface area contributed by atoms with Crippen LogP contribution >= 0.6 is 23.1 Å². The van der Waals surface area contributed by atoms with E-state index in [4.69, 9.17) is 0 Å². The zero-order chi connectivity index (χ0) is 23.9. The minimum atomic E-state index is -0.0705. The highest BCUT2D eigenvalue weighted by molar-refractivity contribution is 7.99. The summed E-state index contributed by atoms with van der Waals surface area (Å²) in [5.74, 6) is 1.04. The Bertz CT molecular complexity index is 1200. The molecule has 0 aliphatic rings. The lowest BCUT2D eigenvalue weighted by molar-refractivity contribution is -0.113. The van der Waals surface area contributed by atoms with Crippen LogP contribution in [0.25, 0.3) is 5.69 Å². The van der Waals surface area contributed by atoms with Crippen molar-refractivity contribution >= 4 is 40.4 Å². The van der Waals surface area contributed by atoms with Crippen LogP contribution in [0.1, 0.15) is 30.1 Å². The average molecular weight is 492 g/mol. The third kappa shape index (κ3) is 5.87. The normalized spacial score (nSPS) is 10.9. The van der Waals surface area contributed by atoms with E-state index in [9.17, 15) is 4.79 Å². The van der Waals surface area contributed by atoms with Crippen LogP contribution in [-0.2, 0) is 11.2 Å². The smallest absolute Gasteiger partial charge is 0.234 e. The van der Waals surface area contributed by atoms with Crippen molar-refractivity contribution in [3.8, 4) is 5.69 Å². The number of thioether (sulfide) groups is 1. The van der Waals surface area contributed by atoms with E-state index in [1.54, 1.807) is 11.3 Å². The summed E-state index contributed by atoms with van der Waals surface area (Å²) < 4.78 is 2.05. The monoisotopic (exact) mass is 491 g/mol. The Labute approximate surface area is 209 Å². The summed E-state index contributed by atoms with van der Waals surface area (Å²) in [5.41, 5.74) is 4.14. The van der Waals surface area contributed by atoms with Crippen molar-refractivity contribution < 1.29 is 4.79 Å². The summed E-state index contributed by atoms with van der Waals surface area (Å²) in [6.45, 7) is 8.25. The summed E-state index contributed by atoms with van der Waals surface area (Å²) in [6.07, 6.45) is 0.699. The Balaban J connectivity index is 1.46. The van der Waals surface area contributed by atoms with Crippen LogP contribution in [-0.4, -0.2) is 39.5 Å². The lowest BCUT2D eigenvalue weighted by atomic mass is 10.2. The van der Waals surface area contributed by atoms with Gasteiger partial charge in [-0.2, -0.15) is 0 Å². The van der Waals surface area contributed by atoms with Crippen molar-refractivity contribution in [3.05, 3.63) is 82.3 Å². The number of benzene rings is 2. The molecule has 0 bridgehead atoms. The summed E-state index contributed by atoms with van der Waals surface area (Å²) in [6, 6.07) is 20.4. The van der Waals surface area contributed by atoms with E-state index in [-0.39, 0.29) is 11.7 Å². The van der Waals surface area contributed by atoms with Crippen LogP contribution in [0.5, 0.6) is 0 Å². The zero-order valence-corrected chi connectivity index (χ0v) is 21.3. The van der Waals surface area contributed by atoms with E-state index in [0.717, 1.165) is 36.0 Å². The number of aryl methyl sites for hydroxylation is 1. The summed E-state index contributed by atoms with van der Waals surface area (Å²) in [4.78, 5) is 16.2. The molecule has 0 saturated heterocycles. The van der Waals surface area contributed by atoms with Gasteiger partial charge < -0.3 is 10.2 Å². The molecule has 0 saturated carbocycles. The second kappa shape index (κ2) is 11.4. The van der Waals surface area contributed by atoms with Gasteiger partial charge in [-0.1, -0.05) is 35.5 Å². The average Bonchev–Trinajstić information content (AvgIpc) is 3.50. The molecule has 2 aromatic heterocycles. The van der Waals surface area contributed by atoms with E-state index in [1.807, 2.05) is 30.3 Å². The molecule has 0 spiro atoms. The van der Waals surface area contributed by atoms with Gasteiger partial charge in [-0.3, -0.25) is 9.36 Å². The lowest BCUT2D eigenvalue weighted by Crippen LogP contribution is -2.21. The van der Waals surface area contributed by atoms with Crippen LogP contribution in [0, 0.1) is 6.92 Å². The van der Waals surface area contributed by atoms with Gasteiger partial charge in [0.1, 0.15) is 5.82 Å². The number of hydrogen-bond acceptors (Lipinski definition) is 6. The third-order valence-corrected chi connectivity index (χ3v) is 7.32. The van der Waals surface area contributed by atoms with Crippen LogP contribution in [0.3, 0.4) is 0 Å². The first-order valence-electron chi connectivity index (χ1n) is 11.4. The number of amides is 1. The van der Waals surface area contributed by atoms with Gasteiger partial charge in [0.25, 0.3) is 0 Å². The Morgan fingerprint density at radius 1 is 1.03 bits per heavy atom. The molecule has 0 fully saturated rings. The molecule has 0 aliphatic heterocycles. The first kappa shape index (κ1) is 24.0. The first-order valence-corrected chi connectivity index (χ1v) is 13.2. The number of thiophene rings is 1. The number of anilines is 2. The largest absolute Gasteiger partial charge is 0.372 e. The number of hydrogen-bond donors (Lipinski definition) is 1. The SMILES string of the molecule is CCN(CC)c1ccc(NC(=O)CSc2nnc(Cc3cccs3)n2-c2ccc(C)cc2)cc1. The van der Waals surface area contributed by atoms with Crippen molar-refractivity contribution in [2.24, 2.45) is 0 Å². The Kier molecular flexibility index (Phi) is 8.03. The van der Waals surface area contributed by atoms with Gasteiger partial charge in [0, 0.05) is 41.4 Å². The van der Waals surface area contributed by atoms with Gasteiger partial charge in [-0.25, -0.2) is 0 Å². The maximum absolute atomic E-state index is 12.7. The molecule has 4 rings (SSSR count). The van der Waals surface area contributed by atoms with E-state index in [1.165, 1.54) is 22.2 Å². The van der Waals surface area contributed by atoms with Gasteiger partial charge in [-0.05, 0) is 68.6 Å².